The van der Waals surface area contributed by atoms with Crippen LogP contribution in [0.2, 0.25) is 0 Å². The molecule has 0 radical (unpaired) electrons. The number of piperidine rings is 1. The van der Waals surface area contributed by atoms with Gasteiger partial charge in [-0.2, -0.15) is 0 Å². The minimum atomic E-state index is -0.279. The first kappa shape index (κ1) is 21.7. The standard InChI is InChI=1S/C25H26N4O3S/c1-16-6-7-19(24(31)29-12-13-33-15-29)23(26-16)17-8-10-28(11-9-17)25(32)20-14-22(30)27-21-5-3-2-4-18(20)21/h2-7,14,17H,8-13,15H2,1H3,(H,27,30). The van der Waals surface area contributed by atoms with Gasteiger partial charge in [-0.1, -0.05) is 18.2 Å². The van der Waals surface area contributed by atoms with E-state index >= 15 is 0 Å². The van der Waals surface area contributed by atoms with Gasteiger partial charge >= 0.3 is 0 Å². The molecular formula is C25H26N4O3S. The molecule has 0 saturated carbocycles. The molecule has 5 rings (SSSR count). The van der Waals surface area contributed by atoms with Gasteiger partial charge in [0.15, 0.2) is 0 Å². The quantitative estimate of drug-likeness (QED) is 0.645. The molecule has 0 spiro atoms. The van der Waals surface area contributed by atoms with Crippen LogP contribution >= 0.6 is 11.8 Å². The van der Waals surface area contributed by atoms with Crippen molar-refractivity contribution in [3.05, 3.63) is 75.3 Å². The monoisotopic (exact) mass is 462 g/mol. The van der Waals surface area contributed by atoms with Gasteiger partial charge < -0.3 is 14.8 Å². The zero-order chi connectivity index (χ0) is 22.9. The Bertz CT molecular complexity index is 1270. The fraction of sp³-hybridized carbons (Fsp3) is 0.360. The molecule has 2 amide bonds. The van der Waals surface area contributed by atoms with Crippen molar-refractivity contribution >= 4 is 34.5 Å². The summed E-state index contributed by atoms with van der Waals surface area (Å²) in [6.45, 7) is 3.84. The Morgan fingerprint density at radius 2 is 1.76 bits per heavy atom. The van der Waals surface area contributed by atoms with Gasteiger partial charge in [-0.25, -0.2) is 0 Å². The fourth-order valence-corrected chi connectivity index (χ4v) is 5.67. The number of aryl methyl sites for hydroxylation is 1. The van der Waals surface area contributed by atoms with Crippen molar-refractivity contribution in [1.29, 1.82) is 0 Å². The molecule has 2 aromatic heterocycles. The Labute approximate surface area is 196 Å². The Balaban J connectivity index is 1.36. The Hall–Kier alpha value is -3.13. The lowest BCUT2D eigenvalue weighted by molar-refractivity contribution is 0.0709. The van der Waals surface area contributed by atoms with E-state index in [1.807, 2.05) is 47.1 Å². The lowest BCUT2D eigenvalue weighted by Crippen LogP contribution is -2.39. The summed E-state index contributed by atoms with van der Waals surface area (Å²) in [6.07, 6.45) is 1.47. The Morgan fingerprint density at radius 3 is 2.52 bits per heavy atom. The number of nitrogens with one attached hydrogen (secondary N) is 1. The van der Waals surface area contributed by atoms with Crippen LogP contribution in [0.1, 0.15) is 50.9 Å². The van der Waals surface area contributed by atoms with Crippen molar-refractivity contribution in [3.8, 4) is 0 Å². The first-order valence-electron chi connectivity index (χ1n) is 11.3. The number of nitrogens with zero attached hydrogens (tertiary/aromatic N) is 3. The number of pyridine rings is 2. The third kappa shape index (κ3) is 4.27. The second-order valence-corrected chi connectivity index (χ2v) is 9.73. The number of fused-ring (bicyclic) bond motifs is 1. The smallest absolute Gasteiger partial charge is 0.256 e. The number of amides is 2. The van der Waals surface area contributed by atoms with Gasteiger partial charge in [-0.05, 0) is 38.0 Å². The summed E-state index contributed by atoms with van der Waals surface area (Å²) in [6, 6.07) is 12.6. The Morgan fingerprint density at radius 1 is 1.00 bits per heavy atom. The van der Waals surface area contributed by atoms with Crippen LogP contribution in [-0.2, 0) is 0 Å². The molecule has 4 heterocycles. The van der Waals surface area contributed by atoms with Crippen molar-refractivity contribution in [2.24, 2.45) is 0 Å². The summed E-state index contributed by atoms with van der Waals surface area (Å²) in [4.78, 5) is 49.8. The van der Waals surface area contributed by atoms with E-state index in [1.165, 1.54) is 6.07 Å². The molecule has 2 aliphatic rings. The van der Waals surface area contributed by atoms with Crippen molar-refractivity contribution < 1.29 is 9.59 Å². The second-order valence-electron chi connectivity index (χ2n) is 8.65. The maximum absolute atomic E-state index is 13.3. The van der Waals surface area contributed by atoms with E-state index in [2.05, 4.69) is 4.98 Å². The summed E-state index contributed by atoms with van der Waals surface area (Å²) in [5.41, 5.74) is 3.25. The molecule has 33 heavy (non-hydrogen) atoms. The molecule has 2 fully saturated rings. The van der Waals surface area contributed by atoms with Crippen LogP contribution in [0.4, 0.5) is 0 Å². The first-order valence-corrected chi connectivity index (χ1v) is 12.4. The van der Waals surface area contributed by atoms with Gasteiger partial charge in [0.05, 0.1) is 22.7 Å². The van der Waals surface area contributed by atoms with Gasteiger partial charge in [-0.15, -0.1) is 11.8 Å². The van der Waals surface area contributed by atoms with E-state index in [0.29, 0.717) is 29.7 Å². The number of hydrogen-bond acceptors (Lipinski definition) is 5. The van der Waals surface area contributed by atoms with Crippen molar-refractivity contribution in [1.82, 2.24) is 19.8 Å². The molecular weight excluding hydrogens is 436 g/mol. The van der Waals surface area contributed by atoms with Crippen LogP contribution in [-0.4, -0.2) is 62.8 Å². The van der Waals surface area contributed by atoms with Crippen LogP contribution in [0.15, 0.2) is 47.3 Å². The Kier molecular flexibility index (Phi) is 5.93. The number of H-pyrrole nitrogens is 1. The van der Waals surface area contributed by atoms with E-state index < -0.39 is 0 Å². The zero-order valence-electron chi connectivity index (χ0n) is 18.5. The molecule has 2 aliphatic heterocycles. The molecule has 0 aliphatic carbocycles. The number of thioether (sulfide) groups is 1. The summed E-state index contributed by atoms with van der Waals surface area (Å²) in [7, 11) is 0. The molecule has 170 valence electrons. The lowest BCUT2D eigenvalue weighted by Gasteiger charge is -2.33. The summed E-state index contributed by atoms with van der Waals surface area (Å²) < 4.78 is 0. The maximum atomic E-state index is 13.3. The average Bonchev–Trinajstić information content (AvgIpc) is 3.38. The van der Waals surface area contributed by atoms with Crippen LogP contribution in [0, 0.1) is 6.92 Å². The highest BCUT2D eigenvalue weighted by atomic mass is 32.2. The van der Waals surface area contributed by atoms with Crippen LogP contribution in [0.25, 0.3) is 10.9 Å². The number of likely N-dealkylation sites (tertiary alicyclic amines) is 1. The third-order valence-corrected chi connectivity index (χ3v) is 7.45. The van der Waals surface area contributed by atoms with Crippen LogP contribution in [0.3, 0.4) is 0 Å². The van der Waals surface area contributed by atoms with Gasteiger partial charge in [-0.3, -0.25) is 19.4 Å². The third-order valence-electron chi connectivity index (χ3n) is 6.48. The molecule has 2 saturated heterocycles. The number of rotatable bonds is 3. The molecule has 1 N–H and O–H groups in total. The number of aromatic amines is 1. The maximum Gasteiger partial charge on any atom is 0.256 e. The van der Waals surface area contributed by atoms with Gasteiger partial charge in [0, 0.05) is 54.0 Å². The topological polar surface area (TPSA) is 86.4 Å². The second kappa shape index (κ2) is 9.02. The van der Waals surface area contributed by atoms with Crippen LogP contribution in [0.5, 0.6) is 0 Å². The largest absolute Gasteiger partial charge is 0.339 e. The molecule has 3 aromatic rings. The molecule has 0 unspecified atom stereocenters. The zero-order valence-corrected chi connectivity index (χ0v) is 19.4. The van der Waals surface area contributed by atoms with E-state index in [0.717, 1.165) is 47.8 Å². The lowest BCUT2D eigenvalue weighted by atomic mass is 9.89. The number of aromatic nitrogens is 2. The van der Waals surface area contributed by atoms with E-state index in [-0.39, 0.29) is 23.3 Å². The van der Waals surface area contributed by atoms with Gasteiger partial charge in [0.25, 0.3) is 11.8 Å². The predicted molar refractivity (Wildman–Crippen MR) is 130 cm³/mol. The molecule has 7 nitrogen and oxygen atoms in total. The van der Waals surface area contributed by atoms with Crippen molar-refractivity contribution in [2.45, 2.75) is 25.7 Å². The summed E-state index contributed by atoms with van der Waals surface area (Å²) >= 11 is 1.77. The van der Waals surface area contributed by atoms with Crippen molar-refractivity contribution in [2.75, 3.05) is 31.3 Å². The number of carbonyl (C=O) groups is 2. The minimum absolute atomic E-state index is 0.0518. The number of benzene rings is 1. The van der Waals surface area contributed by atoms with E-state index in [4.69, 9.17) is 4.98 Å². The number of hydrogen-bond donors (Lipinski definition) is 1. The number of para-hydroxylation sites is 1. The average molecular weight is 463 g/mol. The molecule has 0 atom stereocenters. The first-order chi connectivity index (χ1) is 16.0. The molecule has 0 bridgehead atoms. The number of carbonyl (C=O) groups excluding carboxylic acids is 2. The van der Waals surface area contributed by atoms with Crippen LogP contribution < -0.4 is 5.56 Å². The summed E-state index contributed by atoms with van der Waals surface area (Å²) in [5, 5.41) is 0.751. The highest BCUT2D eigenvalue weighted by Gasteiger charge is 2.31. The summed E-state index contributed by atoms with van der Waals surface area (Å²) in [5.74, 6) is 1.75. The molecule has 8 heteroatoms. The predicted octanol–water partition coefficient (Wildman–Crippen LogP) is 3.40. The highest BCUT2D eigenvalue weighted by Crippen LogP contribution is 2.31. The van der Waals surface area contributed by atoms with E-state index in [1.54, 1.807) is 17.8 Å². The normalized spacial score (nSPS) is 17.0. The van der Waals surface area contributed by atoms with E-state index in [9.17, 15) is 14.4 Å². The highest BCUT2D eigenvalue weighted by molar-refractivity contribution is 7.99. The van der Waals surface area contributed by atoms with Gasteiger partial charge in [0.1, 0.15) is 0 Å². The minimum Gasteiger partial charge on any atom is -0.339 e. The van der Waals surface area contributed by atoms with Gasteiger partial charge in [0.2, 0.25) is 5.56 Å². The fourth-order valence-electron chi connectivity index (χ4n) is 4.72. The SMILES string of the molecule is Cc1ccc(C(=O)N2CCSC2)c(C2CCN(C(=O)c3cc(=O)[nH]c4ccccc34)CC2)n1. The molecule has 1 aromatic carbocycles. The van der Waals surface area contributed by atoms with Crippen molar-refractivity contribution in [3.63, 3.8) is 0 Å².